The quantitative estimate of drug-likeness (QED) is 0.766. The first-order chi connectivity index (χ1) is 10.8. The molecule has 0 fully saturated rings. The Morgan fingerprint density at radius 3 is 2.43 bits per heavy atom. The summed E-state index contributed by atoms with van der Waals surface area (Å²) in [7, 11) is -3.33. The van der Waals surface area contributed by atoms with Crippen molar-refractivity contribution in [1.82, 2.24) is 9.97 Å². The summed E-state index contributed by atoms with van der Waals surface area (Å²) in [4.78, 5) is 7.85. The number of aryl methyl sites for hydroxylation is 1. The molecule has 0 atom stereocenters. The second-order valence-electron chi connectivity index (χ2n) is 5.88. The van der Waals surface area contributed by atoms with E-state index in [1.807, 2.05) is 31.2 Å². The summed E-state index contributed by atoms with van der Waals surface area (Å²) in [6.07, 6.45) is 0. The van der Waals surface area contributed by atoms with Gasteiger partial charge in [-0.2, -0.15) is 0 Å². The molecule has 0 unspecified atom stereocenters. The van der Waals surface area contributed by atoms with Crippen LogP contribution in [-0.4, -0.2) is 23.6 Å². The minimum absolute atomic E-state index is 0.471. The molecule has 0 saturated heterocycles. The van der Waals surface area contributed by atoms with E-state index in [0.717, 1.165) is 22.4 Å². The molecule has 120 valence electrons. The lowest BCUT2D eigenvalue weighted by Gasteiger charge is -2.10. The second kappa shape index (κ2) is 5.70. The average molecular weight is 329 g/mol. The standard InChI is InChI=1S/C17H19N3O2S/c1-11(2)23(21,22)20-14-7-5-13(6-8-14)17-18-15-9-4-12(3)10-16(15)19-17/h4-11,20H,1-3H3,(H,18,19). The highest BCUT2D eigenvalue weighted by Gasteiger charge is 2.15. The fraction of sp³-hybridized carbons (Fsp3) is 0.235. The summed E-state index contributed by atoms with van der Waals surface area (Å²) in [6.45, 7) is 5.33. The van der Waals surface area contributed by atoms with E-state index < -0.39 is 15.3 Å². The van der Waals surface area contributed by atoms with Crippen molar-refractivity contribution in [1.29, 1.82) is 0 Å². The summed E-state index contributed by atoms with van der Waals surface area (Å²) in [5.74, 6) is 0.767. The van der Waals surface area contributed by atoms with Crippen LogP contribution in [0.5, 0.6) is 0 Å². The summed E-state index contributed by atoms with van der Waals surface area (Å²) in [6, 6.07) is 13.2. The van der Waals surface area contributed by atoms with Crippen molar-refractivity contribution < 1.29 is 8.42 Å². The number of H-pyrrole nitrogens is 1. The van der Waals surface area contributed by atoms with E-state index in [4.69, 9.17) is 0 Å². The Bertz CT molecular complexity index is 942. The van der Waals surface area contributed by atoms with Crippen LogP contribution in [0.2, 0.25) is 0 Å². The number of nitrogens with zero attached hydrogens (tertiary/aromatic N) is 1. The largest absolute Gasteiger partial charge is 0.338 e. The number of aromatic nitrogens is 2. The molecule has 6 heteroatoms. The lowest BCUT2D eigenvalue weighted by atomic mass is 10.2. The molecule has 5 nitrogen and oxygen atoms in total. The number of hydrogen-bond donors (Lipinski definition) is 2. The van der Waals surface area contributed by atoms with E-state index >= 15 is 0 Å². The molecule has 1 aromatic heterocycles. The Balaban J connectivity index is 1.89. The highest BCUT2D eigenvalue weighted by atomic mass is 32.2. The molecular formula is C17H19N3O2S. The molecule has 3 aromatic rings. The molecule has 23 heavy (non-hydrogen) atoms. The third kappa shape index (κ3) is 3.22. The normalized spacial score (nSPS) is 12.0. The SMILES string of the molecule is Cc1ccc2nc(-c3ccc(NS(=O)(=O)C(C)C)cc3)[nH]c2c1. The maximum absolute atomic E-state index is 11.9. The number of fused-ring (bicyclic) bond motifs is 1. The first kappa shape index (κ1) is 15.6. The fourth-order valence-corrected chi connectivity index (χ4v) is 2.94. The van der Waals surface area contributed by atoms with Crippen LogP contribution in [-0.2, 0) is 10.0 Å². The third-order valence-electron chi connectivity index (χ3n) is 3.68. The van der Waals surface area contributed by atoms with Crippen LogP contribution >= 0.6 is 0 Å². The summed E-state index contributed by atoms with van der Waals surface area (Å²) < 4.78 is 26.3. The number of anilines is 1. The number of benzene rings is 2. The Hall–Kier alpha value is -2.34. The van der Waals surface area contributed by atoms with Crippen molar-refractivity contribution in [2.75, 3.05) is 4.72 Å². The van der Waals surface area contributed by atoms with Crippen LogP contribution in [0, 0.1) is 6.92 Å². The third-order valence-corrected chi connectivity index (χ3v) is 5.44. The Morgan fingerprint density at radius 1 is 1.09 bits per heavy atom. The summed E-state index contributed by atoms with van der Waals surface area (Å²) >= 11 is 0. The van der Waals surface area contributed by atoms with Crippen LogP contribution in [0.4, 0.5) is 5.69 Å². The molecule has 1 heterocycles. The number of nitrogens with one attached hydrogen (secondary N) is 2. The monoisotopic (exact) mass is 329 g/mol. The van der Waals surface area contributed by atoms with Crippen molar-refractivity contribution >= 4 is 26.7 Å². The number of aromatic amines is 1. The van der Waals surface area contributed by atoms with Crippen LogP contribution < -0.4 is 4.72 Å². The Morgan fingerprint density at radius 2 is 1.78 bits per heavy atom. The first-order valence-electron chi connectivity index (χ1n) is 7.43. The molecule has 2 N–H and O–H groups in total. The number of sulfonamides is 1. The van der Waals surface area contributed by atoms with E-state index in [9.17, 15) is 8.42 Å². The van der Waals surface area contributed by atoms with E-state index in [-0.39, 0.29) is 0 Å². The fourth-order valence-electron chi connectivity index (χ4n) is 2.24. The number of imidazole rings is 1. The first-order valence-corrected chi connectivity index (χ1v) is 8.98. The van der Waals surface area contributed by atoms with Crippen LogP contribution in [0.25, 0.3) is 22.4 Å². The van der Waals surface area contributed by atoms with Crippen molar-refractivity contribution in [2.24, 2.45) is 0 Å². The molecule has 0 amide bonds. The zero-order chi connectivity index (χ0) is 16.6. The molecule has 0 aliphatic rings. The average Bonchev–Trinajstić information content (AvgIpc) is 2.90. The van der Waals surface area contributed by atoms with E-state index in [1.54, 1.807) is 26.0 Å². The molecule has 0 bridgehead atoms. The van der Waals surface area contributed by atoms with Gasteiger partial charge in [0.05, 0.1) is 16.3 Å². The van der Waals surface area contributed by atoms with Crippen molar-refractivity contribution in [2.45, 2.75) is 26.0 Å². The highest BCUT2D eigenvalue weighted by molar-refractivity contribution is 7.93. The summed E-state index contributed by atoms with van der Waals surface area (Å²) in [5.41, 5.74) is 4.53. The highest BCUT2D eigenvalue weighted by Crippen LogP contribution is 2.23. The maximum Gasteiger partial charge on any atom is 0.235 e. The molecule has 0 aliphatic carbocycles. The van der Waals surface area contributed by atoms with E-state index in [2.05, 4.69) is 20.8 Å². The molecule has 0 spiro atoms. The number of hydrogen-bond acceptors (Lipinski definition) is 3. The van der Waals surface area contributed by atoms with Crippen molar-refractivity contribution in [3.63, 3.8) is 0 Å². The van der Waals surface area contributed by atoms with Gasteiger partial charge in [0.2, 0.25) is 10.0 Å². The van der Waals surface area contributed by atoms with Crippen LogP contribution in [0.1, 0.15) is 19.4 Å². The van der Waals surface area contributed by atoms with Gasteiger partial charge in [-0.05, 0) is 62.7 Å². The summed E-state index contributed by atoms with van der Waals surface area (Å²) in [5, 5.41) is -0.471. The van der Waals surface area contributed by atoms with Gasteiger partial charge in [-0.15, -0.1) is 0 Å². The Kier molecular flexibility index (Phi) is 3.85. The zero-order valence-electron chi connectivity index (χ0n) is 13.3. The van der Waals surface area contributed by atoms with Gasteiger partial charge in [0, 0.05) is 11.3 Å². The second-order valence-corrected chi connectivity index (χ2v) is 8.12. The minimum atomic E-state index is -3.33. The molecule has 2 aromatic carbocycles. The van der Waals surface area contributed by atoms with Gasteiger partial charge >= 0.3 is 0 Å². The lowest BCUT2D eigenvalue weighted by molar-refractivity contribution is 0.593. The van der Waals surface area contributed by atoms with Gasteiger partial charge in [-0.25, -0.2) is 13.4 Å². The van der Waals surface area contributed by atoms with Gasteiger partial charge < -0.3 is 4.98 Å². The van der Waals surface area contributed by atoms with Crippen LogP contribution in [0.3, 0.4) is 0 Å². The number of rotatable bonds is 4. The van der Waals surface area contributed by atoms with Crippen LogP contribution in [0.15, 0.2) is 42.5 Å². The van der Waals surface area contributed by atoms with Crippen molar-refractivity contribution in [3.05, 3.63) is 48.0 Å². The molecular weight excluding hydrogens is 310 g/mol. The van der Waals surface area contributed by atoms with E-state index in [1.165, 1.54) is 5.56 Å². The molecule has 0 saturated carbocycles. The molecule has 0 aliphatic heterocycles. The predicted molar refractivity (Wildman–Crippen MR) is 93.9 cm³/mol. The topological polar surface area (TPSA) is 74.8 Å². The van der Waals surface area contributed by atoms with Gasteiger partial charge in [0.1, 0.15) is 5.82 Å². The molecule has 3 rings (SSSR count). The zero-order valence-corrected chi connectivity index (χ0v) is 14.1. The minimum Gasteiger partial charge on any atom is -0.338 e. The molecule has 0 radical (unpaired) electrons. The Labute approximate surface area is 135 Å². The van der Waals surface area contributed by atoms with E-state index in [0.29, 0.717) is 5.69 Å². The van der Waals surface area contributed by atoms with Crippen molar-refractivity contribution in [3.8, 4) is 11.4 Å². The van der Waals surface area contributed by atoms with Gasteiger partial charge in [-0.3, -0.25) is 4.72 Å². The van der Waals surface area contributed by atoms with Gasteiger partial charge in [-0.1, -0.05) is 6.07 Å². The predicted octanol–water partition coefficient (Wildman–Crippen LogP) is 3.69. The van der Waals surface area contributed by atoms with Gasteiger partial charge in [0.25, 0.3) is 0 Å². The van der Waals surface area contributed by atoms with Gasteiger partial charge in [0.15, 0.2) is 0 Å². The smallest absolute Gasteiger partial charge is 0.235 e. The lowest BCUT2D eigenvalue weighted by Crippen LogP contribution is -2.22. The maximum atomic E-state index is 11.9.